The van der Waals surface area contributed by atoms with E-state index in [1.54, 1.807) is 6.07 Å². The second kappa shape index (κ2) is 6.69. The van der Waals surface area contributed by atoms with Gasteiger partial charge in [0.1, 0.15) is 18.8 Å². The van der Waals surface area contributed by atoms with Crippen molar-refractivity contribution in [2.45, 2.75) is 36.5 Å². The van der Waals surface area contributed by atoms with Crippen LogP contribution in [0.5, 0.6) is 11.5 Å². The lowest BCUT2D eigenvalue weighted by Crippen LogP contribution is -2.64. The summed E-state index contributed by atoms with van der Waals surface area (Å²) in [4.78, 5) is 27.5. The monoisotopic (exact) mass is 414 g/mol. The van der Waals surface area contributed by atoms with Gasteiger partial charge in [0.15, 0.2) is 11.5 Å². The highest BCUT2D eigenvalue weighted by molar-refractivity contribution is 5.82. The molecule has 2 aliphatic carbocycles. The topological polar surface area (TPSA) is 117 Å². The molecule has 1 fully saturated rings. The van der Waals surface area contributed by atoms with Gasteiger partial charge < -0.3 is 24.4 Å². The number of ether oxygens (including phenoxy) is 2. The van der Waals surface area contributed by atoms with Crippen LogP contribution in [-0.4, -0.2) is 72.3 Å². The van der Waals surface area contributed by atoms with Crippen LogP contribution in [0.25, 0.3) is 0 Å². The largest absolute Gasteiger partial charge is 0.482 e. The van der Waals surface area contributed by atoms with Crippen molar-refractivity contribution in [3.63, 3.8) is 0 Å². The second-order valence-corrected chi connectivity index (χ2v) is 8.70. The van der Waals surface area contributed by atoms with Gasteiger partial charge in [-0.05, 0) is 38.1 Å². The Morgan fingerprint density at radius 1 is 1.43 bits per heavy atom. The van der Waals surface area contributed by atoms with Crippen LogP contribution in [0.4, 0.5) is 4.79 Å². The third kappa shape index (κ3) is 2.52. The summed E-state index contributed by atoms with van der Waals surface area (Å²) in [5, 5.41) is 10.7. The van der Waals surface area contributed by atoms with E-state index in [2.05, 4.69) is 18.0 Å². The number of benzene rings is 1. The third-order valence-corrected chi connectivity index (χ3v) is 7.19. The predicted octanol–water partition coefficient (Wildman–Crippen LogP) is -0.0870. The molecular formula is C21H26N4O5. The zero-order valence-corrected chi connectivity index (χ0v) is 17.0. The molecule has 5 rings (SSSR count). The summed E-state index contributed by atoms with van der Waals surface area (Å²) in [6.07, 6.45) is 3.92. The fourth-order valence-electron chi connectivity index (χ4n) is 5.81. The molecule has 2 heterocycles. The van der Waals surface area contributed by atoms with E-state index >= 15 is 0 Å². The highest BCUT2D eigenvalue weighted by Gasteiger charge is 2.64. The van der Waals surface area contributed by atoms with Gasteiger partial charge >= 0.3 is 6.09 Å². The van der Waals surface area contributed by atoms with Gasteiger partial charge in [0.05, 0.1) is 0 Å². The van der Waals surface area contributed by atoms with Gasteiger partial charge in [-0.25, -0.2) is 10.6 Å². The Bertz CT molecular complexity index is 950. The van der Waals surface area contributed by atoms with E-state index in [0.29, 0.717) is 17.5 Å². The number of carbonyl (C=O) groups is 2. The van der Waals surface area contributed by atoms with Gasteiger partial charge in [-0.2, -0.15) is 0 Å². The predicted molar refractivity (Wildman–Crippen MR) is 107 cm³/mol. The average molecular weight is 414 g/mol. The molecule has 160 valence electrons. The molecule has 0 radical (unpaired) electrons. The number of hydrogen-bond donors (Lipinski definition) is 3. The molecule has 4 aliphatic rings. The molecule has 9 heteroatoms. The van der Waals surface area contributed by atoms with Gasteiger partial charge in [-0.15, -0.1) is 0 Å². The maximum Gasteiger partial charge on any atom is 0.415 e. The zero-order chi connectivity index (χ0) is 21.2. The normalized spacial score (nSPS) is 32.8. The second-order valence-electron chi connectivity index (χ2n) is 8.70. The van der Waals surface area contributed by atoms with E-state index in [9.17, 15) is 14.7 Å². The van der Waals surface area contributed by atoms with Crippen molar-refractivity contribution in [3.8, 4) is 11.5 Å². The maximum absolute atomic E-state index is 12.5. The number of hydrazine groups is 1. The number of aliphatic hydroxyl groups excluding tert-OH is 1. The SMILES string of the molecule is CN(CC(=O)NN)C(=O)Oc1ccc2c3c1O[C@H]1[C@@H](O)C=CC4C(C2)N(C)CC[C@@]341. The van der Waals surface area contributed by atoms with E-state index in [1.165, 1.54) is 12.6 Å². The van der Waals surface area contributed by atoms with E-state index in [-0.39, 0.29) is 17.9 Å². The van der Waals surface area contributed by atoms with Crippen molar-refractivity contribution >= 4 is 12.0 Å². The number of likely N-dealkylation sites (N-methyl/N-ethyl adjacent to an activating group) is 2. The van der Waals surface area contributed by atoms with E-state index in [0.717, 1.165) is 29.8 Å². The molecule has 2 aliphatic heterocycles. The van der Waals surface area contributed by atoms with Crippen LogP contribution < -0.4 is 20.7 Å². The Kier molecular flexibility index (Phi) is 4.32. The van der Waals surface area contributed by atoms with Gasteiger partial charge in [-0.1, -0.05) is 18.2 Å². The van der Waals surface area contributed by atoms with Crippen molar-refractivity contribution < 1.29 is 24.2 Å². The van der Waals surface area contributed by atoms with Crippen molar-refractivity contribution in [1.82, 2.24) is 15.2 Å². The van der Waals surface area contributed by atoms with E-state index in [1.807, 2.05) is 17.6 Å². The lowest BCUT2D eigenvalue weighted by molar-refractivity contribution is -0.121. The van der Waals surface area contributed by atoms with Crippen molar-refractivity contribution in [2.24, 2.45) is 11.8 Å². The van der Waals surface area contributed by atoms with Gasteiger partial charge in [-0.3, -0.25) is 10.2 Å². The molecule has 0 saturated carbocycles. The van der Waals surface area contributed by atoms with Gasteiger partial charge in [0.25, 0.3) is 5.91 Å². The van der Waals surface area contributed by atoms with Crippen LogP contribution in [0.1, 0.15) is 17.5 Å². The highest BCUT2D eigenvalue weighted by Crippen LogP contribution is 2.62. The highest BCUT2D eigenvalue weighted by atomic mass is 16.6. The minimum atomic E-state index is -0.719. The van der Waals surface area contributed by atoms with E-state index in [4.69, 9.17) is 15.3 Å². The Morgan fingerprint density at radius 2 is 2.23 bits per heavy atom. The average Bonchev–Trinajstić information content (AvgIpc) is 3.08. The molecule has 1 saturated heterocycles. The van der Waals surface area contributed by atoms with Crippen LogP contribution >= 0.6 is 0 Å². The van der Waals surface area contributed by atoms with Crippen LogP contribution in [0.2, 0.25) is 0 Å². The molecule has 1 spiro atoms. The number of nitrogens with zero attached hydrogens (tertiary/aromatic N) is 2. The molecule has 1 aromatic rings. The maximum atomic E-state index is 12.5. The van der Waals surface area contributed by atoms with Crippen molar-refractivity contribution in [3.05, 3.63) is 35.4 Å². The minimum absolute atomic E-state index is 0.220. The number of piperidine rings is 1. The molecule has 2 bridgehead atoms. The van der Waals surface area contributed by atoms with Crippen LogP contribution in [-0.2, 0) is 16.6 Å². The number of nitrogens with one attached hydrogen (secondary N) is 1. The first-order valence-corrected chi connectivity index (χ1v) is 10.2. The quantitative estimate of drug-likeness (QED) is 0.274. The number of aliphatic hydroxyl groups is 1. The lowest BCUT2D eigenvalue weighted by Gasteiger charge is -2.56. The van der Waals surface area contributed by atoms with Crippen molar-refractivity contribution in [2.75, 3.05) is 27.2 Å². The van der Waals surface area contributed by atoms with Crippen LogP contribution in [0.15, 0.2) is 24.3 Å². The number of nitrogens with two attached hydrogens (primary N) is 1. The number of likely N-dealkylation sites (tertiary alicyclic amines) is 1. The summed E-state index contributed by atoms with van der Waals surface area (Å²) in [6.45, 7) is 0.698. The Labute approximate surface area is 174 Å². The Hall–Kier alpha value is -2.62. The first-order valence-electron chi connectivity index (χ1n) is 10.2. The number of hydrogen-bond acceptors (Lipinski definition) is 7. The van der Waals surface area contributed by atoms with Crippen LogP contribution in [0.3, 0.4) is 0 Å². The Morgan fingerprint density at radius 3 is 3.00 bits per heavy atom. The summed E-state index contributed by atoms with van der Waals surface area (Å²) in [5.41, 5.74) is 3.92. The minimum Gasteiger partial charge on any atom is -0.482 e. The van der Waals surface area contributed by atoms with E-state index < -0.39 is 24.2 Å². The smallest absolute Gasteiger partial charge is 0.415 e. The number of rotatable bonds is 3. The van der Waals surface area contributed by atoms with Gasteiger partial charge in [0, 0.05) is 30.0 Å². The third-order valence-electron chi connectivity index (χ3n) is 7.19. The summed E-state index contributed by atoms with van der Waals surface area (Å²) in [7, 11) is 3.61. The fourth-order valence-corrected chi connectivity index (χ4v) is 5.81. The summed E-state index contributed by atoms with van der Waals surface area (Å²) < 4.78 is 11.9. The fraction of sp³-hybridized carbons (Fsp3) is 0.524. The standard InChI is InChI=1S/C21H26N4O5/c1-24-8-7-21-12-4-5-14(26)19(21)30-18-15(6-3-11(17(18)21)9-13(12)24)29-20(28)25(2)10-16(27)23-22/h3-6,12-14,19,26H,7-10,22H2,1-2H3,(H,23,27)/t12?,13?,14-,19-,21-/m0/s1. The molecule has 2 amide bonds. The van der Waals surface area contributed by atoms with Gasteiger partial charge in [0.2, 0.25) is 0 Å². The molecule has 9 nitrogen and oxygen atoms in total. The summed E-state index contributed by atoms with van der Waals surface area (Å²) in [5.74, 6) is 5.68. The summed E-state index contributed by atoms with van der Waals surface area (Å²) >= 11 is 0. The number of amides is 2. The van der Waals surface area contributed by atoms with Crippen molar-refractivity contribution in [1.29, 1.82) is 0 Å². The first-order chi connectivity index (χ1) is 14.4. The number of carbonyl (C=O) groups excluding carboxylic acids is 2. The first kappa shape index (κ1) is 19.3. The molecular weight excluding hydrogens is 388 g/mol. The lowest BCUT2D eigenvalue weighted by atomic mass is 9.53. The molecule has 0 aromatic heterocycles. The molecule has 5 atom stereocenters. The molecule has 2 unspecified atom stereocenters. The zero-order valence-electron chi connectivity index (χ0n) is 17.0. The molecule has 30 heavy (non-hydrogen) atoms. The molecule has 1 aromatic carbocycles. The summed E-state index contributed by atoms with van der Waals surface area (Å²) in [6, 6.07) is 4.09. The van der Waals surface area contributed by atoms with Crippen LogP contribution in [0, 0.1) is 5.92 Å². The molecule has 4 N–H and O–H groups in total. The Balaban J connectivity index is 1.53.